The zero-order valence-corrected chi connectivity index (χ0v) is 17.6. The lowest BCUT2D eigenvalue weighted by Crippen LogP contribution is -2.38. The predicted molar refractivity (Wildman–Crippen MR) is 123 cm³/mol. The van der Waals surface area contributed by atoms with Crippen LogP contribution in [0.1, 0.15) is 34.8 Å². The van der Waals surface area contributed by atoms with Crippen LogP contribution in [0.2, 0.25) is 0 Å². The minimum absolute atomic E-state index is 0.0403. The molecule has 0 radical (unpaired) electrons. The molecule has 1 fully saturated rings. The lowest BCUT2D eigenvalue weighted by atomic mass is 9.88. The normalized spacial score (nSPS) is 14.3. The first-order chi connectivity index (χ1) is 15.8. The van der Waals surface area contributed by atoms with Crippen molar-refractivity contribution in [1.82, 2.24) is 24.8 Å². The third-order valence-electron chi connectivity index (χ3n) is 5.92. The summed E-state index contributed by atoms with van der Waals surface area (Å²) in [4.78, 5) is 32.6. The fourth-order valence-electron chi connectivity index (χ4n) is 4.21. The Morgan fingerprint density at radius 1 is 0.812 bits per heavy atom. The van der Waals surface area contributed by atoms with E-state index in [1.807, 2.05) is 59.6 Å². The molecule has 32 heavy (non-hydrogen) atoms. The molecule has 0 N–H and O–H groups in total. The molecule has 6 nitrogen and oxygen atoms in total. The van der Waals surface area contributed by atoms with Crippen molar-refractivity contribution < 1.29 is 4.79 Å². The van der Waals surface area contributed by atoms with Gasteiger partial charge in [0.1, 0.15) is 0 Å². The van der Waals surface area contributed by atoms with Crippen LogP contribution in [0.25, 0.3) is 22.5 Å². The van der Waals surface area contributed by atoms with Gasteiger partial charge in [-0.05, 0) is 42.7 Å². The molecule has 0 bridgehead atoms. The van der Waals surface area contributed by atoms with Crippen LogP contribution >= 0.6 is 0 Å². The van der Waals surface area contributed by atoms with E-state index in [0.29, 0.717) is 18.7 Å². The smallest absolute Gasteiger partial charge is 0.255 e. The molecule has 0 atom stereocenters. The maximum Gasteiger partial charge on any atom is 0.255 e. The summed E-state index contributed by atoms with van der Waals surface area (Å²) in [6.45, 7) is 1.39. The number of carbonyl (C=O) groups excluding carboxylic acids is 1. The van der Waals surface area contributed by atoms with Gasteiger partial charge in [0.25, 0.3) is 5.91 Å². The number of rotatable bonds is 4. The molecule has 6 heteroatoms. The van der Waals surface area contributed by atoms with Gasteiger partial charge in [0, 0.05) is 61.1 Å². The van der Waals surface area contributed by atoms with E-state index in [-0.39, 0.29) is 11.8 Å². The molecule has 1 amide bonds. The number of benzene rings is 1. The quantitative estimate of drug-likeness (QED) is 0.481. The third kappa shape index (κ3) is 4.12. The summed E-state index contributed by atoms with van der Waals surface area (Å²) in [7, 11) is 0. The second kappa shape index (κ2) is 9.06. The average molecular weight is 422 g/mol. The van der Waals surface area contributed by atoms with Crippen LogP contribution in [0.3, 0.4) is 0 Å². The molecule has 158 valence electrons. The highest BCUT2D eigenvalue weighted by Crippen LogP contribution is 2.35. The van der Waals surface area contributed by atoms with Crippen molar-refractivity contribution in [3.63, 3.8) is 0 Å². The third-order valence-corrected chi connectivity index (χ3v) is 5.92. The van der Waals surface area contributed by atoms with E-state index in [1.165, 1.54) is 0 Å². The van der Waals surface area contributed by atoms with Crippen LogP contribution in [0.15, 0.2) is 85.6 Å². The van der Waals surface area contributed by atoms with Gasteiger partial charge in [-0.3, -0.25) is 14.8 Å². The van der Waals surface area contributed by atoms with E-state index in [2.05, 4.69) is 15.0 Å². The fraction of sp³-hybridized carbons (Fsp3) is 0.192. The second-order valence-corrected chi connectivity index (χ2v) is 7.90. The topological polar surface area (TPSA) is 71.9 Å². The highest BCUT2D eigenvalue weighted by Gasteiger charge is 2.28. The minimum atomic E-state index is 0.0403. The van der Waals surface area contributed by atoms with Gasteiger partial charge in [-0.25, -0.2) is 9.97 Å². The van der Waals surface area contributed by atoms with E-state index < -0.39 is 0 Å². The van der Waals surface area contributed by atoms with Gasteiger partial charge in [-0.1, -0.05) is 30.3 Å². The number of likely N-dealkylation sites (tertiary alicyclic amines) is 1. The Hall–Kier alpha value is -3.93. The van der Waals surface area contributed by atoms with E-state index in [4.69, 9.17) is 4.98 Å². The molecule has 4 heterocycles. The van der Waals surface area contributed by atoms with Crippen molar-refractivity contribution in [2.24, 2.45) is 0 Å². The molecule has 5 rings (SSSR count). The monoisotopic (exact) mass is 421 g/mol. The molecule has 1 saturated heterocycles. The number of pyridine rings is 2. The van der Waals surface area contributed by atoms with Gasteiger partial charge < -0.3 is 4.90 Å². The Balaban J connectivity index is 1.43. The first kappa shape index (κ1) is 20.0. The molecule has 4 aromatic rings. The van der Waals surface area contributed by atoms with Gasteiger partial charge in [-0.2, -0.15) is 0 Å². The van der Waals surface area contributed by atoms with E-state index in [9.17, 15) is 4.79 Å². The summed E-state index contributed by atoms with van der Waals surface area (Å²) >= 11 is 0. The summed E-state index contributed by atoms with van der Waals surface area (Å²) < 4.78 is 0. The molecule has 0 unspecified atom stereocenters. The molecule has 0 saturated carbocycles. The number of piperidine rings is 1. The van der Waals surface area contributed by atoms with Crippen molar-refractivity contribution in [2.45, 2.75) is 18.8 Å². The summed E-state index contributed by atoms with van der Waals surface area (Å²) in [5, 5.41) is 0. The number of nitrogens with zero attached hydrogens (tertiary/aromatic N) is 5. The Bertz CT molecular complexity index is 1190. The highest BCUT2D eigenvalue weighted by molar-refractivity contribution is 5.93. The molecule has 3 aromatic heterocycles. The van der Waals surface area contributed by atoms with Crippen LogP contribution < -0.4 is 0 Å². The minimum Gasteiger partial charge on any atom is -0.339 e. The Morgan fingerprint density at radius 3 is 2.31 bits per heavy atom. The number of carbonyl (C=O) groups is 1. The fourth-order valence-corrected chi connectivity index (χ4v) is 4.21. The number of hydrogen-bond donors (Lipinski definition) is 0. The molecule has 0 spiro atoms. The summed E-state index contributed by atoms with van der Waals surface area (Å²) in [5.41, 5.74) is 4.77. The maximum atomic E-state index is 12.8. The van der Waals surface area contributed by atoms with Crippen molar-refractivity contribution >= 4 is 5.91 Å². The summed E-state index contributed by atoms with van der Waals surface area (Å²) in [5.74, 6) is 1.02. The summed E-state index contributed by atoms with van der Waals surface area (Å²) in [6.07, 6.45) is 10.5. The van der Waals surface area contributed by atoms with Crippen molar-refractivity contribution in [2.75, 3.05) is 13.1 Å². The molecular formula is C26H23N5O. The average Bonchev–Trinajstić information content (AvgIpc) is 2.89. The molecule has 1 aliphatic rings. The van der Waals surface area contributed by atoms with Gasteiger partial charge in [0.2, 0.25) is 0 Å². The van der Waals surface area contributed by atoms with Crippen LogP contribution in [-0.2, 0) is 0 Å². The van der Waals surface area contributed by atoms with Gasteiger partial charge in [-0.15, -0.1) is 0 Å². The van der Waals surface area contributed by atoms with Gasteiger partial charge in [0.05, 0.1) is 11.3 Å². The number of aromatic nitrogens is 4. The predicted octanol–water partition coefficient (Wildman–Crippen LogP) is 4.62. The van der Waals surface area contributed by atoms with Crippen LogP contribution in [0.5, 0.6) is 0 Å². The SMILES string of the molecule is O=C(c1cccnc1)N1CCC(c2nc(-c3ccccc3)ncc2-c2ccncc2)CC1. The van der Waals surface area contributed by atoms with E-state index in [1.54, 1.807) is 30.9 Å². The van der Waals surface area contributed by atoms with Crippen LogP contribution in [0.4, 0.5) is 0 Å². The van der Waals surface area contributed by atoms with Crippen molar-refractivity contribution in [3.05, 3.63) is 96.8 Å². The zero-order valence-electron chi connectivity index (χ0n) is 17.6. The largest absolute Gasteiger partial charge is 0.339 e. The standard InChI is InChI=1S/C26H23N5O/c32-26(22-7-4-12-28-17-22)31-15-10-20(11-16-31)24-23(19-8-13-27-14-9-19)18-29-25(30-24)21-5-2-1-3-6-21/h1-9,12-14,17-18,20H,10-11,15-16H2. The molecule has 1 aliphatic heterocycles. The van der Waals surface area contributed by atoms with Crippen molar-refractivity contribution in [3.8, 4) is 22.5 Å². The van der Waals surface area contributed by atoms with E-state index >= 15 is 0 Å². The van der Waals surface area contributed by atoms with Crippen LogP contribution in [-0.4, -0.2) is 43.8 Å². The molecule has 0 aliphatic carbocycles. The maximum absolute atomic E-state index is 12.8. The molecular weight excluding hydrogens is 398 g/mol. The number of hydrogen-bond acceptors (Lipinski definition) is 5. The second-order valence-electron chi connectivity index (χ2n) is 7.90. The Morgan fingerprint density at radius 2 is 1.59 bits per heavy atom. The first-order valence-electron chi connectivity index (χ1n) is 10.8. The summed E-state index contributed by atoms with van der Waals surface area (Å²) in [6, 6.07) is 17.6. The van der Waals surface area contributed by atoms with Crippen molar-refractivity contribution in [1.29, 1.82) is 0 Å². The zero-order chi connectivity index (χ0) is 21.8. The van der Waals surface area contributed by atoms with Gasteiger partial charge in [0.15, 0.2) is 5.82 Å². The first-order valence-corrected chi connectivity index (χ1v) is 10.8. The van der Waals surface area contributed by atoms with Crippen LogP contribution in [0, 0.1) is 0 Å². The lowest BCUT2D eigenvalue weighted by Gasteiger charge is -2.32. The molecule has 1 aromatic carbocycles. The van der Waals surface area contributed by atoms with Gasteiger partial charge >= 0.3 is 0 Å². The Kier molecular flexibility index (Phi) is 5.66. The lowest BCUT2D eigenvalue weighted by molar-refractivity contribution is 0.0712. The highest BCUT2D eigenvalue weighted by atomic mass is 16.2. The van der Waals surface area contributed by atoms with E-state index in [0.717, 1.165) is 41.1 Å². The Labute approximate surface area is 187 Å². The number of amides is 1.